The Labute approximate surface area is 120 Å². The smallest absolute Gasteiger partial charge is 0.268 e. The zero-order chi connectivity index (χ0) is 13.3. The lowest BCUT2D eigenvalue weighted by molar-refractivity contribution is 0.443. The molecule has 0 spiro atoms. The lowest BCUT2D eigenvalue weighted by Gasteiger charge is -2.06. The fourth-order valence-electron chi connectivity index (χ4n) is 1.44. The molecule has 2 aromatic rings. The molecule has 0 aliphatic heterocycles. The van der Waals surface area contributed by atoms with E-state index >= 15 is 0 Å². The molecule has 0 saturated carbocycles. The second-order valence-electron chi connectivity index (χ2n) is 3.53. The highest BCUT2D eigenvalue weighted by molar-refractivity contribution is 14.1. The number of aromatic nitrogens is 2. The first-order valence-electron chi connectivity index (χ1n) is 4.89. The molecule has 1 aromatic carbocycles. The largest absolute Gasteiger partial charge is 0.492 e. The summed E-state index contributed by atoms with van der Waals surface area (Å²) in [6, 6.07) is 4.30. The Balaban J connectivity index is 2.44. The van der Waals surface area contributed by atoms with E-state index in [-0.39, 0.29) is 32.3 Å². The van der Waals surface area contributed by atoms with Gasteiger partial charge in [0.2, 0.25) is 5.88 Å². The summed E-state index contributed by atoms with van der Waals surface area (Å²) >= 11 is 7.54. The Morgan fingerprint density at radius 3 is 2.83 bits per heavy atom. The molecule has 7 heteroatoms. The molecule has 94 valence electrons. The van der Waals surface area contributed by atoms with Crippen molar-refractivity contribution in [2.45, 2.75) is 6.42 Å². The number of hydrogen-bond acceptors (Lipinski definition) is 3. The molecule has 4 nitrogen and oxygen atoms in total. The van der Waals surface area contributed by atoms with E-state index in [1.165, 1.54) is 12.1 Å². The van der Waals surface area contributed by atoms with Gasteiger partial charge in [0.25, 0.3) is 5.56 Å². The van der Waals surface area contributed by atoms with Gasteiger partial charge >= 0.3 is 0 Å². The Kier molecular flexibility index (Phi) is 3.86. The maximum Gasteiger partial charge on any atom is 0.268 e. The number of halogens is 3. The lowest BCUT2D eigenvalue weighted by Crippen LogP contribution is -2.15. The predicted octanol–water partition coefficient (Wildman–Crippen LogP) is 2.46. The maximum atomic E-state index is 13.5. The fourth-order valence-corrected chi connectivity index (χ4v) is 1.93. The van der Waals surface area contributed by atoms with Crippen molar-refractivity contribution >= 4 is 34.2 Å². The third-order valence-electron chi connectivity index (χ3n) is 2.30. The van der Waals surface area contributed by atoms with Crippen molar-refractivity contribution in [3.05, 3.63) is 54.4 Å². The molecule has 0 aliphatic rings. The summed E-state index contributed by atoms with van der Waals surface area (Å²) in [5.41, 5.74) is -0.242. The number of H-pyrrole nitrogens is 1. The molecular formula is C11H7ClFIN2O2. The zero-order valence-corrected chi connectivity index (χ0v) is 11.8. The van der Waals surface area contributed by atoms with Crippen LogP contribution in [0.3, 0.4) is 0 Å². The van der Waals surface area contributed by atoms with E-state index in [9.17, 15) is 14.3 Å². The highest BCUT2D eigenvalue weighted by atomic mass is 127. The van der Waals surface area contributed by atoms with Gasteiger partial charge in [-0.15, -0.1) is 0 Å². The molecule has 0 aliphatic carbocycles. The Morgan fingerprint density at radius 1 is 1.50 bits per heavy atom. The first kappa shape index (κ1) is 13.3. The van der Waals surface area contributed by atoms with Crippen LogP contribution in [0.2, 0.25) is 5.02 Å². The minimum absolute atomic E-state index is 0.00519. The van der Waals surface area contributed by atoms with Crippen molar-refractivity contribution in [2.24, 2.45) is 0 Å². The molecule has 1 aromatic heterocycles. The van der Waals surface area contributed by atoms with Crippen LogP contribution in [-0.4, -0.2) is 15.1 Å². The Hall–Kier alpha value is -1.15. The van der Waals surface area contributed by atoms with Gasteiger partial charge in [-0.2, -0.15) is 4.98 Å². The molecule has 0 bridgehead atoms. The summed E-state index contributed by atoms with van der Waals surface area (Å²) in [7, 11) is 0. The third-order valence-corrected chi connectivity index (χ3v) is 3.63. The summed E-state index contributed by atoms with van der Waals surface area (Å²) in [6.45, 7) is 0. The molecule has 0 amide bonds. The number of benzene rings is 1. The van der Waals surface area contributed by atoms with Crippen molar-refractivity contribution in [3.63, 3.8) is 0 Å². The summed E-state index contributed by atoms with van der Waals surface area (Å²) in [5, 5.41) is 9.68. The van der Waals surface area contributed by atoms with Crippen LogP contribution in [0, 0.1) is 9.39 Å². The van der Waals surface area contributed by atoms with Gasteiger partial charge in [-0.25, -0.2) is 4.39 Å². The van der Waals surface area contributed by atoms with Crippen LogP contribution in [0.15, 0.2) is 23.0 Å². The third kappa shape index (κ3) is 2.64. The molecule has 0 fully saturated rings. The van der Waals surface area contributed by atoms with Gasteiger partial charge in [-0.05, 0) is 34.7 Å². The van der Waals surface area contributed by atoms with Crippen molar-refractivity contribution in [1.29, 1.82) is 0 Å². The van der Waals surface area contributed by atoms with Crippen LogP contribution >= 0.6 is 34.2 Å². The Bertz CT molecular complexity index is 640. The molecule has 1 heterocycles. The lowest BCUT2D eigenvalue weighted by atomic mass is 10.1. The van der Waals surface area contributed by atoms with Crippen LogP contribution in [0.5, 0.6) is 5.88 Å². The second-order valence-corrected chi connectivity index (χ2v) is 5.01. The van der Waals surface area contributed by atoms with E-state index in [4.69, 9.17) is 11.6 Å². The first-order valence-corrected chi connectivity index (χ1v) is 6.35. The summed E-state index contributed by atoms with van der Waals surface area (Å²) in [4.78, 5) is 17.7. The molecule has 18 heavy (non-hydrogen) atoms. The number of aromatic hydroxyl groups is 1. The van der Waals surface area contributed by atoms with Crippen LogP contribution in [0.1, 0.15) is 11.4 Å². The molecule has 0 atom stereocenters. The van der Waals surface area contributed by atoms with Gasteiger partial charge in [-0.1, -0.05) is 17.7 Å². The molecular weight excluding hydrogens is 373 g/mol. The van der Waals surface area contributed by atoms with Gasteiger partial charge in [0.05, 0.1) is 0 Å². The molecule has 2 rings (SSSR count). The predicted molar refractivity (Wildman–Crippen MR) is 73.5 cm³/mol. The van der Waals surface area contributed by atoms with E-state index in [1.807, 2.05) is 0 Å². The monoisotopic (exact) mass is 380 g/mol. The number of nitrogens with one attached hydrogen (secondary N) is 1. The quantitative estimate of drug-likeness (QED) is 0.787. The summed E-state index contributed by atoms with van der Waals surface area (Å²) < 4.78 is 13.6. The number of hydrogen-bond donors (Lipinski definition) is 2. The van der Waals surface area contributed by atoms with E-state index in [0.29, 0.717) is 0 Å². The normalized spacial score (nSPS) is 10.6. The first-order chi connectivity index (χ1) is 8.49. The highest BCUT2D eigenvalue weighted by Crippen LogP contribution is 2.21. The minimum atomic E-state index is -0.483. The molecule has 0 unspecified atom stereocenters. The van der Waals surface area contributed by atoms with Crippen LogP contribution in [0.4, 0.5) is 4.39 Å². The second kappa shape index (κ2) is 5.23. The van der Waals surface area contributed by atoms with Crippen LogP contribution in [-0.2, 0) is 6.42 Å². The van der Waals surface area contributed by atoms with Gasteiger partial charge in [0, 0.05) is 17.0 Å². The fraction of sp³-hybridized carbons (Fsp3) is 0.0909. The van der Waals surface area contributed by atoms with Crippen LogP contribution in [0.25, 0.3) is 0 Å². The summed E-state index contributed by atoms with van der Waals surface area (Å²) in [5.74, 6) is -0.699. The van der Waals surface area contributed by atoms with Gasteiger partial charge in [0.1, 0.15) is 15.2 Å². The van der Waals surface area contributed by atoms with E-state index in [1.54, 1.807) is 28.7 Å². The van der Waals surface area contributed by atoms with Gasteiger partial charge in [-0.3, -0.25) is 4.79 Å². The SMILES string of the molecule is O=c1[nH]c(Cc2c(F)cccc2Cl)nc(O)c1I. The van der Waals surface area contributed by atoms with Crippen molar-refractivity contribution in [1.82, 2.24) is 9.97 Å². The average Bonchev–Trinajstić information content (AvgIpc) is 2.31. The number of rotatable bonds is 2. The van der Waals surface area contributed by atoms with Crippen LogP contribution < -0.4 is 5.56 Å². The zero-order valence-electron chi connectivity index (χ0n) is 8.88. The highest BCUT2D eigenvalue weighted by Gasteiger charge is 2.12. The van der Waals surface area contributed by atoms with Gasteiger partial charge in [0.15, 0.2) is 0 Å². The standard InChI is InChI=1S/C11H7ClFIN2O2/c12-6-2-1-3-7(13)5(6)4-8-15-10(17)9(14)11(18)16-8/h1-3H,4H2,(H2,15,16,17,18). The number of nitrogens with zero attached hydrogens (tertiary/aromatic N) is 1. The molecule has 0 saturated heterocycles. The Morgan fingerprint density at radius 2 is 2.22 bits per heavy atom. The minimum Gasteiger partial charge on any atom is -0.492 e. The molecule has 0 radical (unpaired) electrons. The summed E-state index contributed by atoms with van der Waals surface area (Å²) in [6.07, 6.45) is 0.00519. The number of aromatic amines is 1. The van der Waals surface area contributed by atoms with Gasteiger partial charge < -0.3 is 10.1 Å². The van der Waals surface area contributed by atoms with Crippen molar-refractivity contribution < 1.29 is 9.50 Å². The van der Waals surface area contributed by atoms with Crippen molar-refractivity contribution in [3.8, 4) is 5.88 Å². The average molecular weight is 381 g/mol. The van der Waals surface area contributed by atoms with Crippen molar-refractivity contribution in [2.75, 3.05) is 0 Å². The van der Waals surface area contributed by atoms with E-state index < -0.39 is 11.4 Å². The topological polar surface area (TPSA) is 66.0 Å². The molecule has 2 N–H and O–H groups in total. The maximum absolute atomic E-state index is 13.5. The van der Waals surface area contributed by atoms with E-state index in [0.717, 1.165) is 0 Å². The van der Waals surface area contributed by atoms with E-state index in [2.05, 4.69) is 9.97 Å².